The van der Waals surface area contributed by atoms with E-state index in [1.54, 1.807) is 18.2 Å². The molecule has 302 valence electrons. The van der Waals surface area contributed by atoms with Gasteiger partial charge in [0.25, 0.3) is 11.8 Å². The summed E-state index contributed by atoms with van der Waals surface area (Å²) >= 11 is 3.82. The monoisotopic (exact) mass is 805 g/mol. The largest absolute Gasteiger partial charge is 0.481 e. The number of thiol groups is 1. The molecule has 1 aliphatic rings. The van der Waals surface area contributed by atoms with Gasteiger partial charge in [0, 0.05) is 43.1 Å². The molecular weight excluding hydrogens is 764 g/mol. The summed E-state index contributed by atoms with van der Waals surface area (Å²) in [5, 5.41) is 39.6. The fourth-order valence-electron chi connectivity index (χ4n) is 5.52. The normalized spacial score (nSPS) is 16.1. The second kappa shape index (κ2) is 20.7. The van der Waals surface area contributed by atoms with Crippen molar-refractivity contribution < 1.29 is 57.4 Å². The van der Waals surface area contributed by atoms with Crippen molar-refractivity contribution >= 4 is 76.6 Å². The summed E-state index contributed by atoms with van der Waals surface area (Å²) in [6, 6.07) is 2.20. The van der Waals surface area contributed by atoms with Crippen LogP contribution in [0.3, 0.4) is 0 Å². The number of carbonyl (C=O) groups is 8. The summed E-state index contributed by atoms with van der Waals surface area (Å²) in [6.07, 6.45) is 0.0967. The van der Waals surface area contributed by atoms with Crippen LogP contribution < -0.4 is 32.3 Å². The highest BCUT2D eigenvalue weighted by atomic mass is 32.1. The van der Waals surface area contributed by atoms with Crippen LogP contribution in [0.4, 0.5) is 14.5 Å². The average Bonchev–Trinajstić information content (AvgIpc) is 3.48. The summed E-state index contributed by atoms with van der Waals surface area (Å²) in [4.78, 5) is 103. The fourth-order valence-corrected chi connectivity index (χ4v) is 5.77. The number of aliphatic carboxylic acids is 2. The van der Waals surface area contributed by atoms with E-state index in [0.29, 0.717) is 18.2 Å². The van der Waals surface area contributed by atoms with Crippen LogP contribution in [0.15, 0.2) is 30.5 Å². The van der Waals surface area contributed by atoms with Crippen LogP contribution in [0.2, 0.25) is 0 Å². The van der Waals surface area contributed by atoms with Gasteiger partial charge >= 0.3 is 11.9 Å². The van der Waals surface area contributed by atoms with Gasteiger partial charge < -0.3 is 47.4 Å². The molecule has 1 aromatic heterocycles. The van der Waals surface area contributed by atoms with E-state index in [2.05, 4.69) is 44.2 Å². The first-order valence-corrected chi connectivity index (χ1v) is 17.8. The van der Waals surface area contributed by atoms with Crippen LogP contribution in [0.25, 0.3) is 10.9 Å². The van der Waals surface area contributed by atoms with Gasteiger partial charge in [-0.1, -0.05) is 12.1 Å². The number of benzene rings is 1. The molecule has 1 aromatic carbocycles. The molecule has 22 heteroatoms. The van der Waals surface area contributed by atoms with Gasteiger partial charge in [-0.15, -0.1) is 0 Å². The van der Waals surface area contributed by atoms with E-state index < -0.39 is 103 Å². The smallest absolute Gasteiger partial charge is 0.327 e. The van der Waals surface area contributed by atoms with E-state index in [0.717, 1.165) is 4.90 Å². The van der Waals surface area contributed by atoms with E-state index >= 15 is 0 Å². The number of hydrogen-bond acceptors (Lipinski definition) is 12. The van der Waals surface area contributed by atoms with Gasteiger partial charge in [-0.2, -0.15) is 17.9 Å². The van der Waals surface area contributed by atoms with E-state index in [4.69, 9.17) is 21.2 Å². The van der Waals surface area contributed by atoms with Crippen molar-refractivity contribution in [3.05, 3.63) is 36.0 Å². The molecular formula is C34H41F2N9O10S. The Balaban J connectivity index is 1.42. The molecule has 3 rings (SSSR count). The molecule has 4 atom stereocenters. The topological polar surface area (TPSA) is 303 Å². The number of likely N-dealkylation sites (tertiary alicyclic amines) is 1. The lowest BCUT2D eigenvalue weighted by molar-refractivity contribution is -0.143. The van der Waals surface area contributed by atoms with Crippen molar-refractivity contribution in [1.29, 1.82) is 5.26 Å². The minimum absolute atomic E-state index is 0.0776. The zero-order chi connectivity index (χ0) is 41.6. The van der Waals surface area contributed by atoms with Crippen molar-refractivity contribution in [2.75, 3.05) is 30.7 Å². The van der Waals surface area contributed by atoms with Gasteiger partial charge in [0.1, 0.15) is 18.1 Å². The van der Waals surface area contributed by atoms with Crippen LogP contribution in [0.1, 0.15) is 55.3 Å². The number of aromatic nitrogens is 1. The van der Waals surface area contributed by atoms with Crippen molar-refractivity contribution in [3.63, 3.8) is 0 Å². The number of nitrogens with zero attached hydrogens (tertiary/aromatic N) is 3. The van der Waals surface area contributed by atoms with Gasteiger partial charge in [-0.05, 0) is 31.4 Å². The number of carbonyl (C=O) groups excluding carboxylic acids is 6. The van der Waals surface area contributed by atoms with Crippen LogP contribution in [-0.2, 0) is 33.6 Å². The van der Waals surface area contributed by atoms with Gasteiger partial charge in [-0.25, -0.2) is 13.6 Å². The molecule has 1 fully saturated rings. The number of unbranched alkanes of at least 4 members (excludes halogenated alkanes) is 1. The molecule has 1 saturated heterocycles. The number of amides is 6. The Hall–Kier alpha value is -5.95. The molecule has 0 saturated carbocycles. The molecule has 0 aliphatic carbocycles. The van der Waals surface area contributed by atoms with Gasteiger partial charge in [-0.3, -0.25) is 38.5 Å². The molecule has 0 bridgehead atoms. The van der Waals surface area contributed by atoms with Gasteiger partial charge in [0.2, 0.25) is 29.5 Å². The Morgan fingerprint density at radius 1 is 1.00 bits per heavy atom. The molecule has 6 amide bonds. The number of fused-ring (bicyclic) bond motifs is 1. The predicted octanol–water partition coefficient (Wildman–Crippen LogP) is -0.484. The highest BCUT2D eigenvalue weighted by Gasteiger charge is 2.47. The number of alkyl halides is 2. The first-order valence-electron chi connectivity index (χ1n) is 17.2. The summed E-state index contributed by atoms with van der Waals surface area (Å²) in [5.41, 5.74) is 6.41. The number of para-hydroxylation sites is 1. The maximum Gasteiger partial charge on any atom is 0.327 e. The lowest BCUT2D eigenvalue weighted by atomic mass is 10.1. The van der Waals surface area contributed by atoms with Crippen LogP contribution >= 0.6 is 12.6 Å². The molecule has 0 spiro atoms. The summed E-state index contributed by atoms with van der Waals surface area (Å²) in [7, 11) is 0. The molecule has 56 heavy (non-hydrogen) atoms. The molecule has 0 radical (unpaired) electrons. The van der Waals surface area contributed by atoms with Gasteiger partial charge in [0.15, 0.2) is 0 Å². The van der Waals surface area contributed by atoms with E-state index in [1.165, 1.54) is 18.3 Å². The summed E-state index contributed by atoms with van der Waals surface area (Å²) < 4.78 is 27.5. The predicted molar refractivity (Wildman–Crippen MR) is 195 cm³/mol. The van der Waals surface area contributed by atoms with E-state index in [9.17, 15) is 47.1 Å². The number of rotatable bonds is 20. The lowest BCUT2D eigenvalue weighted by Gasteiger charge is -2.21. The second-order valence-electron chi connectivity index (χ2n) is 12.7. The quantitative estimate of drug-likeness (QED) is 0.0604. The Labute approximate surface area is 323 Å². The number of carboxylic acid groups (broad SMARTS) is 2. The number of halogens is 2. The van der Waals surface area contributed by atoms with Crippen LogP contribution in [0, 0.1) is 11.3 Å². The summed E-state index contributed by atoms with van der Waals surface area (Å²) in [6.45, 7) is -1.38. The van der Waals surface area contributed by atoms with E-state index in [-0.39, 0.29) is 48.3 Å². The maximum atomic E-state index is 13.7. The molecule has 19 nitrogen and oxygen atoms in total. The Bertz CT molecular complexity index is 1880. The first-order chi connectivity index (χ1) is 26.5. The first kappa shape index (κ1) is 44.4. The van der Waals surface area contributed by atoms with Crippen molar-refractivity contribution in [1.82, 2.24) is 31.2 Å². The van der Waals surface area contributed by atoms with E-state index in [1.807, 2.05) is 0 Å². The summed E-state index contributed by atoms with van der Waals surface area (Å²) in [5.74, 6) is -10.7. The Morgan fingerprint density at radius 3 is 2.36 bits per heavy atom. The van der Waals surface area contributed by atoms with Crippen molar-refractivity contribution in [3.8, 4) is 6.07 Å². The Kier molecular flexibility index (Phi) is 16.4. The van der Waals surface area contributed by atoms with Crippen molar-refractivity contribution in [2.45, 2.75) is 75.0 Å². The third kappa shape index (κ3) is 13.1. The number of pyridine rings is 1. The van der Waals surface area contributed by atoms with Crippen molar-refractivity contribution in [2.24, 2.45) is 5.73 Å². The SMILES string of the molecule is N#C[C@H]1CC(F)(F)CN1C(=O)CNC(=O)c1ccnc2c(NC(=O)CCC(=O)NCCCC[C@H](N)C(=O)N[C@@H](CC(=O)O)C(=O)N[C@@H](CS)C(=O)O)cccc12. The van der Waals surface area contributed by atoms with Gasteiger partial charge in [0.05, 0.1) is 48.4 Å². The lowest BCUT2D eigenvalue weighted by Crippen LogP contribution is -2.55. The number of anilines is 1. The zero-order valence-corrected chi connectivity index (χ0v) is 30.7. The standard InChI is InChI=1S/C34H41F2N9O10S/c35-34(36)13-18(14-37)45(17-34)27(48)15-41-30(51)20-9-11-40-29-19(20)4-3-6-22(29)42-26(47)8-7-25(46)39-10-2-1-5-21(38)31(52)43-23(12-28(49)50)32(53)44-24(16-56)33(54)55/h3-4,6,9,11,18,21,23-24,56H,1-2,5,7-8,10,12-13,15-17,38H2,(H,39,46)(H,41,51)(H,42,47)(H,43,52)(H,44,53)(H,49,50)(H,54,55)/t18-,21+,23+,24+/m1/s1. The van der Waals surface area contributed by atoms with Crippen LogP contribution in [-0.4, -0.2) is 123 Å². The molecule has 2 heterocycles. The zero-order valence-electron chi connectivity index (χ0n) is 29.8. The molecule has 1 aliphatic heterocycles. The van der Waals surface area contributed by atoms with Crippen LogP contribution in [0.5, 0.6) is 0 Å². The number of hydrogen-bond donors (Lipinski definition) is 9. The second-order valence-corrected chi connectivity index (χ2v) is 13.1. The highest BCUT2D eigenvalue weighted by molar-refractivity contribution is 7.80. The third-order valence-electron chi connectivity index (χ3n) is 8.42. The number of carboxylic acids is 2. The number of nitrogens with one attached hydrogen (secondary N) is 5. The molecule has 9 N–H and O–H groups in total. The number of nitrogens with two attached hydrogens (primary N) is 1. The third-order valence-corrected chi connectivity index (χ3v) is 8.78. The molecule has 0 unspecified atom stereocenters. The minimum atomic E-state index is -3.21. The molecule has 2 aromatic rings. The number of nitriles is 1. The Morgan fingerprint density at radius 2 is 1.70 bits per heavy atom. The highest BCUT2D eigenvalue weighted by Crippen LogP contribution is 2.31. The fraction of sp³-hybridized carbons (Fsp3) is 0.471. The average molecular weight is 806 g/mol. The maximum absolute atomic E-state index is 13.7. The minimum Gasteiger partial charge on any atom is -0.481 e.